The van der Waals surface area contributed by atoms with Gasteiger partial charge in [-0.05, 0) is 40.5 Å². The molecule has 7 heteroatoms. The van der Waals surface area contributed by atoms with Gasteiger partial charge in [0.15, 0.2) is 0 Å². The van der Waals surface area contributed by atoms with Crippen LogP contribution >= 0.6 is 0 Å². The first-order valence-electron chi connectivity index (χ1n) is 9.29. The highest BCUT2D eigenvalue weighted by atomic mass is 16.5. The lowest BCUT2D eigenvalue weighted by molar-refractivity contribution is -0.00908. The summed E-state index contributed by atoms with van der Waals surface area (Å²) >= 11 is 0. The van der Waals surface area contributed by atoms with Crippen molar-refractivity contribution in [3.63, 3.8) is 0 Å². The maximum absolute atomic E-state index is 12.8. The van der Waals surface area contributed by atoms with E-state index in [0.717, 1.165) is 57.1 Å². The summed E-state index contributed by atoms with van der Waals surface area (Å²) in [6.07, 6.45) is 2.04. The highest BCUT2D eigenvalue weighted by Gasteiger charge is 2.34. The number of nitrogens with one attached hydrogen (secondary N) is 2. The lowest BCUT2D eigenvalue weighted by Crippen LogP contribution is -2.56. The van der Waals surface area contributed by atoms with E-state index in [1.807, 2.05) is 18.7 Å². The van der Waals surface area contributed by atoms with Crippen LogP contribution in [0.2, 0.25) is 0 Å². The number of aryl methyl sites for hydroxylation is 2. The summed E-state index contributed by atoms with van der Waals surface area (Å²) in [6, 6.07) is 0.161. The average Bonchev–Trinajstić information content (AvgIpc) is 3.20. The number of rotatable bonds is 4. The second-order valence-corrected chi connectivity index (χ2v) is 7.77. The van der Waals surface area contributed by atoms with Crippen LogP contribution in [-0.2, 0) is 4.74 Å². The number of morpholine rings is 1. The van der Waals surface area contributed by atoms with Crippen molar-refractivity contribution >= 4 is 6.03 Å². The van der Waals surface area contributed by atoms with Crippen molar-refractivity contribution < 1.29 is 9.53 Å². The van der Waals surface area contributed by atoms with Gasteiger partial charge in [0.25, 0.3) is 0 Å². The molecule has 2 amide bonds. The van der Waals surface area contributed by atoms with Gasteiger partial charge in [0.2, 0.25) is 0 Å². The molecule has 0 saturated carbocycles. The Kier molecular flexibility index (Phi) is 5.34. The largest absolute Gasteiger partial charge is 0.379 e. The number of amides is 2. The van der Waals surface area contributed by atoms with Gasteiger partial charge >= 0.3 is 6.03 Å². The van der Waals surface area contributed by atoms with Crippen LogP contribution in [0.1, 0.15) is 49.7 Å². The molecule has 2 aliphatic rings. The third kappa shape index (κ3) is 3.82. The molecule has 2 fully saturated rings. The van der Waals surface area contributed by atoms with E-state index in [4.69, 9.17) is 4.74 Å². The van der Waals surface area contributed by atoms with E-state index in [2.05, 4.69) is 34.3 Å². The smallest absolute Gasteiger partial charge is 0.317 e. The summed E-state index contributed by atoms with van der Waals surface area (Å²) < 4.78 is 5.43. The SMILES string of the molecule is Cc1n[nH]c(C)c1[C@H]1CCCN1C(=O)NCC(C)(C)N1CCOCC1. The van der Waals surface area contributed by atoms with Gasteiger partial charge in [-0.3, -0.25) is 10.00 Å². The second-order valence-electron chi connectivity index (χ2n) is 7.77. The Bertz CT molecular complexity index is 587. The summed E-state index contributed by atoms with van der Waals surface area (Å²) in [4.78, 5) is 17.2. The van der Waals surface area contributed by atoms with Gasteiger partial charge in [-0.15, -0.1) is 0 Å². The summed E-state index contributed by atoms with van der Waals surface area (Å²) in [5.41, 5.74) is 3.17. The lowest BCUT2D eigenvalue weighted by atomic mass is 10.0. The van der Waals surface area contributed by atoms with E-state index in [-0.39, 0.29) is 17.6 Å². The minimum Gasteiger partial charge on any atom is -0.379 e. The quantitative estimate of drug-likeness (QED) is 0.872. The van der Waals surface area contributed by atoms with E-state index in [1.165, 1.54) is 5.56 Å². The van der Waals surface area contributed by atoms with Crippen molar-refractivity contribution in [3.05, 3.63) is 17.0 Å². The number of hydrogen-bond donors (Lipinski definition) is 2. The fourth-order valence-electron chi connectivity index (χ4n) is 4.03. The number of aromatic amines is 1. The minimum absolute atomic E-state index is 0.0313. The Morgan fingerprint density at radius 3 is 2.68 bits per heavy atom. The van der Waals surface area contributed by atoms with Crippen molar-refractivity contribution in [1.82, 2.24) is 25.3 Å². The van der Waals surface area contributed by atoms with Crippen molar-refractivity contribution in [1.29, 1.82) is 0 Å². The zero-order valence-corrected chi connectivity index (χ0v) is 15.9. The first-order chi connectivity index (χ1) is 11.9. The molecule has 0 aliphatic carbocycles. The minimum atomic E-state index is -0.0733. The number of carbonyl (C=O) groups excluding carboxylic acids is 1. The van der Waals surface area contributed by atoms with Crippen LogP contribution in [0.15, 0.2) is 0 Å². The second kappa shape index (κ2) is 7.33. The first-order valence-corrected chi connectivity index (χ1v) is 9.29. The van der Waals surface area contributed by atoms with Crippen LogP contribution < -0.4 is 5.32 Å². The summed E-state index contributed by atoms with van der Waals surface area (Å²) in [5.74, 6) is 0. The van der Waals surface area contributed by atoms with E-state index in [0.29, 0.717) is 6.54 Å². The van der Waals surface area contributed by atoms with Gasteiger partial charge in [-0.1, -0.05) is 0 Å². The fourth-order valence-corrected chi connectivity index (χ4v) is 4.03. The number of aromatic nitrogens is 2. The van der Waals surface area contributed by atoms with Gasteiger partial charge in [0.1, 0.15) is 0 Å². The molecule has 1 aromatic heterocycles. The van der Waals surface area contributed by atoms with Crippen LogP contribution in [0.3, 0.4) is 0 Å². The topological polar surface area (TPSA) is 73.5 Å². The molecular formula is C18H31N5O2. The average molecular weight is 349 g/mol. The van der Waals surface area contributed by atoms with Crippen LogP contribution in [0, 0.1) is 13.8 Å². The molecule has 25 heavy (non-hydrogen) atoms. The third-order valence-electron chi connectivity index (χ3n) is 5.57. The Hall–Kier alpha value is -1.60. The molecular weight excluding hydrogens is 318 g/mol. The maximum Gasteiger partial charge on any atom is 0.317 e. The molecule has 2 N–H and O–H groups in total. The predicted molar refractivity (Wildman–Crippen MR) is 96.6 cm³/mol. The van der Waals surface area contributed by atoms with E-state index in [1.54, 1.807) is 0 Å². The number of carbonyl (C=O) groups is 1. The van der Waals surface area contributed by atoms with Crippen LogP contribution in [0.4, 0.5) is 4.79 Å². The van der Waals surface area contributed by atoms with Gasteiger partial charge in [-0.25, -0.2) is 4.79 Å². The molecule has 140 valence electrons. The molecule has 0 spiro atoms. The van der Waals surface area contributed by atoms with Crippen molar-refractivity contribution in [3.8, 4) is 0 Å². The Morgan fingerprint density at radius 2 is 2.04 bits per heavy atom. The van der Waals surface area contributed by atoms with Crippen LogP contribution in [-0.4, -0.2) is 71.0 Å². The molecule has 3 heterocycles. The Balaban J connectivity index is 1.62. The molecule has 7 nitrogen and oxygen atoms in total. The summed E-state index contributed by atoms with van der Waals surface area (Å²) in [5, 5.41) is 10.5. The number of likely N-dealkylation sites (tertiary alicyclic amines) is 1. The van der Waals surface area contributed by atoms with Gasteiger partial charge in [-0.2, -0.15) is 5.10 Å². The molecule has 1 atom stereocenters. The molecule has 0 aromatic carbocycles. The third-order valence-corrected chi connectivity index (χ3v) is 5.57. The number of H-pyrrole nitrogens is 1. The number of urea groups is 1. The molecule has 2 saturated heterocycles. The maximum atomic E-state index is 12.8. The van der Waals surface area contributed by atoms with Crippen LogP contribution in [0.5, 0.6) is 0 Å². The normalized spacial score (nSPS) is 22.4. The molecule has 0 bridgehead atoms. The van der Waals surface area contributed by atoms with Gasteiger partial charge in [0, 0.05) is 43.0 Å². The Labute approximate surface area is 150 Å². The molecule has 1 aromatic rings. The number of hydrogen-bond acceptors (Lipinski definition) is 4. The molecule has 0 radical (unpaired) electrons. The monoisotopic (exact) mass is 349 g/mol. The van der Waals surface area contributed by atoms with Crippen molar-refractivity contribution in [2.24, 2.45) is 0 Å². The van der Waals surface area contributed by atoms with Crippen LogP contribution in [0.25, 0.3) is 0 Å². The van der Waals surface area contributed by atoms with E-state index in [9.17, 15) is 4.79 Å². The lowest BCUT2D eigenvalue weighted by Gasteiger charge is -2.41. The zero-order valence-electron chi connectivity index (χ0n) is 15.9. The van der Waals surface area contributed by atoms with E-state index < -0.39 is 0 Å². The highest BCUT2D eigenvalue weighted by Crippen LogP contribution is 2.34. The molecule has 0 unspecified atom stereocenters. The van der Waals surface area contributed by atoms with Crippen molar-refractivity contribution in [2.45, 2.75) is 52.1 Å². The summed E-state index contributed by atoms with van der Waals surface area (Å²) in [6.45, 7) is 13.2. The highest BCUT2D eigenvalue weighted by molar-refractivity contribution is 5.75. The van der Waals surface area contributed by atoms with E-state index >= 15 is 0 Å². The first kappa shape index (κ1) is 18.2. The summed E-state index contributed by atoms with van der Waals surface area (Å²) in [7, 11) is 0. The fraction of sp³-hybridized carbons (Fsp3) is 0.778. The van der Waals surface area contributed by atoms with Gasteiger partial charge in [0.05, 0.1) is 24.9 Å². The van der Waals surface area contributed by atoms with Gasteiger partial charge < -0.3 is 15.0 Å². The van der Waals surface area contributed by atoms with Crippen molar-refractivity contribution in [2.75, 3.05) is 39.4 Å². The molecule has 3 rings (SSSR count). The zero-order chi connectivity index (χ0) is 18.0. The number of ether oxygens (including phenoxy) is 1. The predicted octanol–water partition coefficient (Wildman–Crippen LogP) is 1.98. The Morgan fingerprint density at radius 1 is 1.32 bits per heavy atom. The number of nitrogens with zero attached hydrogens (tertiary/aromatic N) is 3. The molecule has 2 aliphatic heterocycles. The standard InChI is InChI=1S/C18H31N5O2/c1-13-16(14(2)21-20-13)15-6-5-7-23(15)17(24)19-12-18(3,4)22-8-10-25-11-9-22/h15H,5-12H2,1-4H3,(H,19,24)(H,20,21)/t15-/m1/s1.